The number of aryl methyl sites for hydroxylation is 1. The molecule has 0 saturated carbocycles. The predicted molar refractivity (Wildman–Crippen MR) is 166 cm³/mol. The maximum absolute atomic E-state index is 13.6. The Morgan fingerprint density at radius 1 is 1.12 bits per heavy atom. The molecule has 1 saturated heterocycles. The number of fused-ring (bicyclic) bond motifs is 1. The van der Waals surface area contributed by atoms with Gasteiger partial charge in [-0.15, -0.1) is 0 Å². The molecule has 3 aromatic carbocycles. The number of benzene rings is 3. The Kier molecular flexibility index (Phi) is 8.43. The van der Waals surface area contributed by atoms with E-state index in [1.807, 2.05) is 67.3 Å². The molecule has 1 fully saturated rings. The Morgan fingerprint density at radius 3 is 2.70 bits per heavy atom. The Morgan fingerprint density at radius 2 is 1.93 bits per heavy atom. The van der Waals surface area contributed by atoms with Gasteiger partial charge in [-0.2, -0.15) is 0 Å². The van der Waals surface area contributed by atoms with Crippen LogP contribution in [0, 0.1) is 6.92 Å². The monoisotopic (exact) mass is 574 g/mol. The highest BCUT2D eigenvalue weighted by Gasteiger charge is 2.30. The maximum atomic E-state index is 13.6. The molecular formula is C31H32Cl2N6O. The summed E-state index contributed by atoms with van der Waals surface area (Å²) in [5.41, 5.74) is 4.84. The molecular weight excluding hydrogens is 543 g/mol. The molecule has 0 radical (unpaired) electrons. The zero-order valence-corrected chi connectivity index (χ0v) is 24.1. The second-order valence-electron chi connectivity index (χ2n) is 10.1. The molecule has 0 spiro atoms. The van der Waals surface area contributed by atoms with Gasteiger partial charge in [0.05, 0.1) is 22.1 Å². The average Bonchev–Trinajstić information content (AvgIpc) is 3.42. The van der Waals surface area contributed by atoms with E-state index in [0.717, 1.165) is 40.9 Å². The van der Waals surface area contributed by atoms with Crippen LogP contribution >= 0.6 is 23.2 Å². The van der Waals surface area contributed by atoms with Crippen LogP contribution in [0.1, 0.15) is 35.7 Å². The number of hydrogen-bond acceptors (Lipinski definition) is 6. The summed E-state index contributed by atoms with van der Waals surface area (Å²) in [5.74, 6) is 0.530. The lowest BCUT2D eigenvalue weighted by Crippen LogP contribution is -2.39. The van der Waals surface area contributed by atoms with Crippen molar-refractivity contribution in [2.75, 3.05) is 29.0 Å². The first-order chi connectivity index (χ1) is 19.3. The average molecular weight is 576 g/mol. The van der Waals surface area contributed by atoms with Crippen LogP contribution in [0.25, 0.3) is 10.9 Å². The Balaban J connectivity index is 1.31. The van der Waals surface area contributed by atoms with Gasteiger partial charge in [0.15, 0.2) is 0 Å². The van der Waals surface area contributed by atoms with E-state index in [9.17, 15) is 4.79 Å². The summed E-state index contributed by atoms with van der Waals surface area (Å²) in [6.45, 7) is 9.56. The highest BCUT2D eigenvalue weighted by molar-refractivity contribution is 6.35. The largest absolute Gasteiger partial charge is 0.383 e. The van der Waals surface area contributed by atoms with Crippen molar-refractivity contribution < 1.29 is 4.79 Å². The van der Waals surface area contributed by atoms with Gasteiger partial charge in [-0.1, -0.05) is 48.0 Å². The van der Waals surface area contributed by atoms with Gasteiger partial charge in [0.2, 0.25) is 0 Å². The van der Waals surface area contributed by atoms with E-state index >= 15 is 0 Å². The van der Waals surface area contributed by atoms with Crippen LogP contribution in [0.3, 0.4) is 0 Å². The lowest BCUT2D eigenvalue weighted by Gasteiger charge is -2.26. The van der Waals surface area contributed by atoms with E-state index in [-0.39, 0.29) is 18.0 Å². The molecule has 4 aromatic rings. The van der Waals surface area contributed by atoms with Crippen LogP contribution in [0.15, 0.2) is 79.3 Å². The minimum atomic E-state index is -0.171. The third kappa shape index (κ3) is 6.16. The zero-order chi connectivity index (χ0) is 28.2. The number of halogens is 2. The molecule has 1 aliphatic heterocycles. The molecule has 1 aromatic heterocycles. The van der Waals surface area contributed by atoms with Crippen molar-refractivity contribution in [2.45, 2.75) is 38.8 Å². The van der Waals surface area contributed by atoms with Crippen LogP contribution in [0.2, 0.25) is 10.0 Å². The number of rotatable bonds is 9. The SMILES string of the molecule is C=C(Nc1ccc(Cl)cc1C)C(C)Nc1ncnc2cc(C(=O)N3CCC[C@@H]3CNc3ccccc3)c(Cl)cc12. The first-order valence-corrected chi connectivity index (χ1v) is 14.1. The van der Waals surface area contributed by atoms with Crippen LogP contribution in [0.4, 0.5) is 17.2 Å². The first kappa shape index (κ1) is 27.7. The van der Waals surface area contributed by atoms with Gasteiger partial charge in [0.1, 0.15) is 12.1 Å². The van der Waals surface area contributed by atoms with E-state index < -0.39 is 0 Å². The van der Waals surface area contributed by atoms with E-state index in [1.54, 1.807) is 12.1 Å². The molecule has 1 unspecified atom stereocenters. The minimum absolute atomic E-state index is 0.0818. The molecule has 5 rings (SSSR count). The smallest absolute Gasteiger partial charge is 0.255 e. The van der Waals surface area contributed by atoms with Crippen molar-refractivity contribution in [1.82, 2.24) is 14.9 Å². The summed E-state index contributed by atoms with van der Waals surface area (Å²) < 4.78 is 0. The van der Waals surface area contributed by atoms with Crippen molar-refractivity contribution >= 4 is 57.2 Å². The molecule has 3 N–H and O–H groups in total. The number of anilines is 3. The number of aromatic nitrogens is 2. The summed E-state index contributed by atoms with van der Waals surface area (Å²) in [7, 11) is 0. The molecule has 0 bridgehead atoms. The van der Waals surface area contributed by atoms with E-state index in [4.69, 9.17) is 23.2 Å². The van der Waals surface area contributed by atoms with Gasteiger partial charge in [-0.05, 0) is 74.7 Å². The lowest BCUT2D eigenvalue weighted by molar-refractivity contribution is 0.0744. The Bertz CT molecular complexity index is 1540. The van der Waals surface area contributed by atoms with Crippen molar-refractivity contribution in [3.05, 3.63) is 100 Å². The van der Waals surface area contributed by atoms with Gasteiger partial charge in [-0.25, -0.2) is 9.97 Å². The summed E-state index contributed by atoms with van der Waals surface area (Å²) in [4.78, 5) is 24.4. The van der Waals surface area contributed by atoms with Crippen LogP contribution < -0.4 is 16.0 Å². The molecule has 7 nitrogen and oxygen atoms in total. The minimum Gasteiger partial charge on any atom is -0.383 e. The van der Waals surface area contributed by atoms with Gasteiger partial charge < -0.3 is 20.9 Å². The number of para-hydroxylation sites is 1. The van der Waals surface area contributed by atoms with Crippen molar-refractivity contribution in [1.29, 1.82) is 0 Å². The number of hydrogen-bond donors (Lipinski definition) is 3. The molecule has 206 valence electrons. The zero-order valence-electron chi connectivity index (χ0n) is 22.5. The second kappa shape index (κ2) is 12.1. The third-order valence-electron chi connectivity index (χ3n) is 7.27. The van der Waals surface area contributed by atoms with Crippen LogP contribution in [-0.2, 0) is 0 Å². The highest BCUT2D eigenvalue weighted by atomic mass is 35.5. The van der Waals surface area contributed by atoms with Crippen LogP contribution in [-0.4, -0.2) is 45.9 Å². The molecule has 2 heterocycles. The maximum Gasteiger partial charge on any atom is 0.255 e. The van der Waals surface area contributed by atoms with Crippen molar-refractivity contribution in [3.63, 3.8) is 0 Å². The number of nitrogens with one attached hydrogen (secondary N) is 3. The molecule has 2 atom stereocenters. The van der Waals surface area contributed by atoms with Gasteiger partial charge in [-0.3, -0.25) is 4.79 Å². The Labute approximate surface area is 244 Å². The fraction of sp³-hybridized carbons (Fsp3) is 0.258. The highest BCUT2D eigenvalue weighted by Crippen LogP contribution is 2.31. The van der Waals surface area contributed by atoms with Crippen molar-refractivity contribution in [2.24, 2.45) is 0 Å². The van der Waals surface area contributed by atoms with Crippen molar-refractivity contribution in [3.8, 4) is 0 Å². The quantitative estimate of drug-likeness (QED) is 0.193. The summed E-state index contributed by atoms with van der Waals surface area (Å²) in [6, 6.07) is 19.1. The normalized spacial score (nSPS) is 15.6. The lowest BCUT2D eigenvalue weighted by atomic mass is 10.1. The third-order valence-corrected chi connectivity index (χ3v) is 7.82. The van der Waals surface area contributed by atoms with Crippen LogP contribution in [0.5, 0.6) is 0 Å². The van der Waals surface area contributed by atoms with E-state index in [1.165, 1.54) is 6.33 Å². The van der Waals surface area contributed by atoms with Gasteiger partial charge in [0, 0.05) is 46.6 Å². The summed E-state index contributed by atoms with van der Waals surface area (Å²) in [6.07, 6.45) is 3.39. The fourth-order valence-corrected chi connectivity index (χ4v) is 5.43. The van der Waals surface area contributed by atoms with Gasteiger partial charge in [0.25, 0.3) is 5.91 Å². The topological polar surface area (TPSA) is 82.2 Å². The molecule has 1 aliphatic rings. The standard InChI is InChI=1S/C31H32Cl2N6O/c1-19-14-22(32)11-12-28(19)37-20(2)21(3)38-30-26-15-27(33)25(16-29(26)35-18-36-30)31(40)39-13-7-10-24(39)17-34-23-8-5-4-6-9-23/h4-6,8-9,11-12,14-16,18,21,24,34,37H,2,7,10,13,17H2,1,3H3,(H,35,36,38)/t21?,24-/m1/s1. The van der Waals surface area contributed by atoms with E-state index in [0.29, 0.717) is 40.0 Å². The Hall–Kier alpha value is -3.81. The van der Waals surface area contributed by atoms with Gasteiger partial charge >= 0.3 is 0 Å². The summed E-state index contributed by atoms with van der Waals surface area (Å²) >= 11 is 12.8. The van der Waals surface area contributed by atoms with E-state index in [2.05, 4.69) is 32.5 Å². The number of carbonyl (C=O) groups excluding carboxylic acids is 1. The number of carbonyl (C=O) groups is 1. The first-order valence-electron chi connectivity index (χ1n) is 13.3. The number of likely N-dealkylation sites (tertiary alicyclic amines) is 1. The molecule has 9 heteroatoms. The fourth-order valence-electron chi connectivity index (χ4n) is 4.96. The number of amides is 1. The molecule has 0 aliphatic carbocycles. The number of nitrogens with zero attached hydrogens (tertiary/aromatic N) is 3. The predicted octanol–water partition coefficient (Wildman–Crippen LogP) is 7.39. The molecule has 40 heavy (non-hydrogen) atoms. The summed E-state index contributed by atoms with van der Waals surface area (Å²) in [5, 5.41) is 12.0. The second-order valence-corrected chi connectivity index (χ2v) is 10.9. The molecule has 1 amide bonds.